The maximum Gasteiger partial charge on any atom is 0.293 e. The van der Waals surface area contributed by atoms with Gasteiger partial charge in [-0.2, -0.15) is 0 Å². The van der Waals surface area contributed by atoms with Crippen LogP contribution in [0.3, 0.4) is 0 Å². The summed E-state index contributed by atoms with van der Waals surface area (Å²) in [5, 5.41) is -0.282. The fourth-order valence-electron chi connectivity index (χ4n) is 2.38. The van der Waals surface area contributed by atoms with E-state index in [0.29, 0.717) is 16.4 Å². The van der Waals surface area contributed by atoms with Crippen molar-refractivity contribution in [1.82, 2.24) is 4.90 Å². The number of carbonyl (C=O) groups excluding carboxylic acids is 2. The first kappa shape index (κ1) is 17.1. The highest BCUT2D eigenvalue weighted by atomic mass is 32.2. The number of carbonyl (C=O) groups is 2. The number of hydrogen-bond donors (Lipinski definition) is 0. The summed E-state index contributed by atoms with van der Waals surface area (Å²) >= 11 is 0.949. The molecule has 1 aliphatic rings. The van der Waals surface area contributed by atoms with Crippen LogP contribution in [0.5, 0.6) is 11.5 Å². The third-order valence-electron chi connectivity index (χ3n) is 3.61. The zero-order valence-corrected chi connectivity index (χ0v) is 14.5. The molecule has 5 nitrogen and oxygen atoms in total. The fourth-order valence-corrected chi connectivity index (χ4v) is 3.24. The van der Waals surface area contributed by atoms with Crippen LogP contribution in [-0.4, -0.2) is 36.3 Å². The van der Waals surface area contributed by atoms with Crippen LogP contribution in [0.1, 0.15) is 5.56 Å². The average Bonchev–Trinajstić information content (AvgIpc) is 2.90. The number of imide groups is 1. The van der Waals surface area contributed by atoms with Gasteiger partial charge in [0.1, 0.15) is 6.61 Å². The first-order chi connectivity index (χ1) is 12.2. The van der Waals surface area contributed by atoms with Crippen molar-refractivity contribution in [2.45, 2.75) is 0 Å². The first-order valence-electron chi connectivity index (χ1n) is 7.75. The number of rotatable bonds is 6. The predicted molar refractivity (Wildman–Crippen MR) is 97.6 cm³/mol. The predicted octanol–water partition coefficient (Wildman–Crippen LogP) is 3.81. The van der Waals surface area contributed by atoms with Crippen LogP contribution in [0.2, 0.25) is 0 Å². The molecule has 0 bridgehead atoms. The lowest BCUT2D eigenvalue weighted by Gasteiger charge is -2.14. The van der Waals surface area contributed by atoms with Crippen molar-refractivity contribution < 1.29 is 19.1 Å². The van der Waals surface area contributed by atoms with E-state index in [2.05, 4.69) is 0 Å². The highest BCUT2D eigenvalue weighted by Gasteiger charge is 2.34. The molecule has 3 rings (SSSR count). The van der Waals surface area contributed by atoms with Crippen LogP contribution in [-0.2, 0) is 4.79 Å². The van der Waals surface area contributed by atoms with E-state index in [4.69, 9.17) is 9.47 Å². The molecule has 0 saturated carbocycles. The number of ether oxygens (including phenoxy) is 2. The molecule has 2 aromatic rings. The van der Waals surface area contributed by atoms with Gasteiger partial charge in [-0.1, -0.05) is 42.5 Å². The monoisotopic (exact) mass is 355 g/mol. The van der Waals surface area contributed by atoms with Crippen LogP contribution >= 0.6 is 11.8 Å². The average molecular weight is 355 g/mol. The van der Waals surface area contributed by atoms with Gasteiger partial charge in [0.25, 0.3) is 11.1 Å². The van der Waals surface area contributed by atoms with E-state index in [-0.39, 0.29) is 24.3 Å². The zero-order chi connectivity index (χ0) is 17.6. The second kappa shape index (κ2) is 7.90. The maximum atomic E-state index is 12.4. The Balaban J connectivity index is 1.62. The molecular formula is C19H17NO4S. The molecule has 0 unspecified atom stereocenters. The number of nitrogens with zero attached hydrogens (tertiary/aromatic N) is 1. The second-order valence-corrected chi connectivity index (χ2v) is 6.24. The van der Waals surface area contributed by atoms with E-state index in [0.717, 1.165) is 17.3 Å². The minimum Gasteiger partial charge on any atom is -0.493 e. The van der Waals surface area contributed by atoms with Gasteiger partial charge in [0, 0.05) is 0 Å². The van der Waals surface area contributed by atoms with Gasteiger partial charge in [0.15, 0.2) is 11.5 Å². The Morgan fingerprint density at radius 1 is 1.00 bits per heavy atom. The Hall–Kier alpha value is -2.73. The summed E-state index contributed by atoms with van der Waals surface area (Å²) < 4.78 is 10.8. The number of thioether (sulfide) groups is 1. The topological polar surface area (TPSA) is 55.8 Å². The summed E-state index contributed by atoms with van der Waals surface area (Å²) in [6.07, 6.45) is 1.73. The van der Waals surface area contributed by atoms with Crippen molar-refractivity contribution in [3.63, 3.8) is 0 Å². The Morgan fingerprint density at radius 3 is 2.40 bits per heavy atom. The van der Waals surface area contributed by atoms with Gasteiger partial charge in [-0.15, -0.1) is 0 Å². The summed E-state index contributed by atoms with van der Waals surface area (Å²) in [6.45, 7) is 0.395. The molecule has 2 aromatic carbocycles. The van der Waals surface area contributed by atoms with Crippen LogP contribution in [0.25, 0.3) is 6.08 Å². The number of methoxy groups -OCH3 is 1. The zero-order valence-electron chi connectivity index (χ0n) is 13.7. The van der Waals surface area contributed by atoms with Gasteiger partial charge >= 0.3 is 0 Å². The largest absolute Gasteiger partial charge is 0.493 e. The fraction of sp³-hybridized carbons (Fsp3) is 0.158. The molecule has 128 valence electrons. The molecule has 1 aliphatic heterocycles. The van der Waals surface area contributed by atoms with Gasteiger partial charge in [-0.05, 0) is 35.5 Å². The lowest BCUT2D eigenvalue weighted by molar-refractivity contribution is -0.123. The smallest absolute Gasteiger partial charge is 0.293 e. The molecule has 0 aromatic heterocycles. The third kappa shape index (κ3) is 4.03. The molecule has 0 aliphatic carbocycles. The van der Waals surface area contributed by atoms with Crippen LogP contribution in [0, 0.1) is 0 Å². The van der Waals surface area contributed by atoms with E-state index in [1.54, 1.807) is 25.3 Å². The molecule has 1 fully saturated rings. The molecule has 1 saturated heterocycles. The summed E-state index contributed by atoms with van der Waals surface area (Å²) in [4.78, 5) is 26.1. The Bertz CT molecular complexity index is 804. The van der Waals surface area contributed by atoms with Crippen LogP contribution in [0.15, 0.2) is 59.5 Å². The highest BCUT2D eigenvalue weighted by Crippen LogP contribution is 2.32. The summed E-state index contributed by atoms with van der Waals surface area (Å²) in [7, 11) is 1.56. The minimum atomic E-state index is -0.289. The van der Waals surface area contributed by atoms with Crippen molar-refractivity contribution in [3.8, 4) is 11.5 Å². The maximum absolute atomic E-state index is 12.4. The summed E-state index contributed by atoms with van der Waals surface area (Å²) in [6, 6.07) is 16.7. The van der Waals surface area contributed by atoms with Gasteiger partial charge in [0.05, 0.1) is 18.6 Å². The van der Waals surface area contributed by atoms with Crippen molar-refractivity contribution in [3.05, 3.63) is 65.1 Å². The van der Waals surface area contributed by atoms with Crippen molar-refractivity contribution in [2.24, 2.45) is 0 Å². The van der Waals surface area contributed by atoms with E-state index in [1.165, 1.54) is 4.90 Å². The van der Waals surface area contributed by atoms with E-state index >= 15 is 0 Å². The number of amides is 2. The minimum absolute atomic E-state index is 0.189. The Morgan fingerprint density at radius 2 is 1.68 bits per heavy atom. The molecule has 1 heterocycles. The van der Waals surface area contributed by atoms with Crippen LogP contribution in [0.4, 0.5) is 4.79 Å². The number of para-hydroxylation sites is 2. The SMILES string of the molecule is COc1ccccc1OCCN1C(=O)SC(=Cc2ccccc2)C1=O. The van der Waals surface area contributed by atoms with Gasteiger partial charge in [-0.25, -0.2) is 0 Å². The molecule has 0 spiro atoms. The van der Waals surface area contributed by atoms with Gasteiger partial charge in [-0.3, -0.25) is 14.5 Å². The van der Waals surface area contributed by atoms with Crippen molar-refractivity contribution in [2.75, 3.05) is 20.3 Å². The Kier molecular flexibility index (Phi) is 5.40. The van der Waals surface area contributed by atoms with Crippen molar-refractivity contribution >= 4 is 29.0 Å². The van der Waals surface area contributed by atoms with Crippen molar-refractivity contribution in [1.29, 1.82) is 0 Å². The highest BCUT2D eigenvalue weighted by molar-refractivity contribution is 8.18. The Labute approximate surface area is 150 Å². The van der Waals surface area contributed by atoms with Gasteiger partial charge < -0.3 is 9.47 Å². The van der Waals surface area contributed by atoms with E-state index in [9.17, 15) is 9.59 Å². The molecule has 6 heteroatoms. The molecular weight excluding hydrogens is 338 g/mol. The first-order valence-corrected chi connectivity index (χ1v) is 8.57. The summed E-state index contributed by atoms with van der Waals surface area (Å²) in [5.41, 5.74) is 0.887. The number of hydrogen-bond acceptors (Lipinski definition) is 5. The normalized spacial score (nSPS) is 15.7. The molecule has 0 atom stereocenters. The summed E-state index contributed by atoms with van der Waals surface area (Å²) in [5.74, 6) is 0.903. The standard InChI is InChI=1S/C19H17NO4S/c1-23-15-9-5-6-10-16(15)24-12-11-20-18(21)17(25-19(20)22)13-14-7-3-2-4-8-14/h2-10,13H,11-12H2,1H3. The van der Waals surface area contributed by atoms with Crippen LogP contribution < -0.4 is 9.47 Å². The quantitative estimate of drug-likeness (QED) is 0.738. The lowest BCUT2D eigenvalue weighted by Crippen LogP contribution is -2.32. The molecule has 0 radical (unpaired) electrons. The third-order valence-corrected chi connectivity index (χ3v) is 4.52. The lowest BCUT2D eigenvalue weighted by atomic mass is 10.2. The molecule has 25 heavy (non-hydrogen) atoms. The van der Waals surface area contributed by atoms with E-state index < -0.39 is 0 Å². The van der Waals surface area contributed by atoms with E-state index in [1.807, 2.05) is 42.5 Å². The number of benzene rings is 2. The molecule has 2 amide bonds. The molecule has 0 N–H and O–H groups in total. The van der Waals surface area contributed by atoms with Gasteiger partial charge in [0.2, 0.25) is 0 Å². The second-order valence-electron chi connectivity index (χ2n) is 5.24.